The van der Waals surface area contributed by atoms with Gasteiger partial charge in [-0.2, -0.15) is 0 Å². The average molecular weight is 386 g/mol. The van der Waals surface area contributed by atoms with Crippen molar-refractivity contribution >= 4 is 45.0 Å². The molecule has 3 aromatic rings. The van der Waals surface area contributed by atoms with Gasteiger partial charge in [0.05, 0.1) is 17.9 Å². The molecule has 0 bridgehead atoms. The summed E-state index contributed by atoms with van der Waals surface area (Å²) in [5.41, 5.74) is 1.66. The number of nitrogens with zero attached hydrogens (tertiary/aromatic N) is 1. The fourth-order valence-electron chi connectivity index (χ4n) is 4.39. The van der Waals surface area contributed by atoms with Crippen molar-refractivity contribution in [3.8, 4) is 0 Å². The van der Waals surface area contributed by atoms with Crippen LogP contribution in [0, 0.1) is 0 Å². The lowest BCUT2D eigenvalue weighted by Gasteiger charge is -2.28. The minimum absolute atomic E-state index is 0.156. The van der Waals surface area contributed by atoms with E-state index in [1.165, 1.54) is 7.05 Å². The first kappa shape index (κ1) is 17.4. The molecule has 0 aliphatic carbocycles. The molecule has 0 aromatic heterocycles. The largest absolute Gasteiger partial charge is 0.465 e. The molecule has 2 amide bonds. The number of likely N-dealkylation sites (N-methyl/N-ethyl adjacent to an activating group) is 1. The van der Waals surface area contributed by atoms with Crippen LogP contribution in [0.15, 0.2) is 59.8 Å². The van der Waals surface area contributed by atoms with Gasteiger partial charge in [0.25, 0.3) is 11.8 Å². The van der Waals surface area contributed by atoms with E-state index in [0.717, 1.165) is 26.4 Å². The lowest BCUT2D eigenvalue weighted by atomic mass is 9.81. The maximum Gasteiger partial charge on any atom is 0.318 e. The number of hydrogen-bond donors (Lipinski definition) is 1. The van der Waals surface area contributed by atoms with Crippen LogP contribution in [0.2, 0.25) is 0 Å². The molecule has 0 saturated heterocycles. The van der Waals surface area contributed by atoms with Crippen molar-refractivity contribution in [1.29, 1.82) is 0 Å². The molecule has 5 rings (SSSR count). The van der Waals surface area contributed by atoms with E-state index in [0.29, 0.717) is 11.3 Å². The van der Waals surface area contributed by atoms with Crippen molar-refractivity contribution in [2.75, 3.05) is 19.0 Å². The maximum atomic E-state index is 13.1. The van der Waals surface area contributed by atoms with Gasteiger partial charge in [0.2, 0.25) is 0 Å². The van der Waals surface area contributed by atoms with Crippen LogP contribution in [0.3, 0.4) is 0 Å². The molecule has 144 valence electrons. The highest BCUT2D eigenvalue weighted by Crippen LogP contribution is 2.48. The molecule has 0 radical (unpaired) electrons. The second-order valence-corrected chi connectivity index (χ2v) is 7.15. The van der Waals surface area contributed by atoms with Crippen molar-refractivity contribution in [1.82, 2.24) is 4.90 Å². The highest BCUT2D eigenvalue weighted by molar-refractivity contribution is 6.27. The molecule has 0 spiro atoms. The number of carbonyl (C=O) groups excluding carboxylic acids is 3. The van der Waals surface area contributed by atoms with Gasteiger partial charge in [0, 0.05) is 18.0 Å². The number of fused-ring (bicyclic) bond motifs is 6. The maximum absolute atomic E-state index is 13.1. The summed E-state index contributed by atoms with van der Waals surface area (Å²) in [6.07, 6.45) is 0. The van der Waals surface area contributed by atoms with E-state index in [2.05, 4.69) is 5.32 Å². The number of ether oxygens (including phenoxy) is 1. The molecular formula is C23H18N2O4. The Morgan fingerprint density at radius 2 is 1.55 bits per heavy atom. The summed E-state index contributed by atoms with van der Waals surface area (Å²) in [5.74, 6) is -2.41. The summed E-state index contributed by atoms with van der Waals surface area (Å²) < 4.78 is 5.34. The zero-order valence-electron chi connectivity index (χ0n) is 16.0. The van der Waals surface area contributed by atoms with Gasteiger partial charge in [-0.3, -0.25) is 19.3 Å². The van der Waals surface area contributed by atoms with Gasteiger partial charge in [-0.25, -0.2) is 0 Å². The summed E-state index contributed by atoms with van der Waals surface area (Å²) in [7, 11) is 1.42. The smallest absolute Gasteiger partial charge is 0.318 e. The van der Waals surface area contributed by atoms with Crippen molar-refractivity contribution < 1.29 is 19.1 Å². The number of esters is 1. The van der Waals surface area contributed by atoms with Crippen LogP contribution in [0.25, 0.3) is 21.5 Å². The number of hydrogen-bond acceptors (Lipinski definition) is 5. The molecule has 6 nitrogen and oxygen atoms in total. The first-order valence-electron chi connectivity index (χ1n) is 9.48. The van der Waals surface area contributed by atoms with Crippen LogP contribution >= 0.6 is 0 Å². The predicted molar refractivity (Wildman–Crippen MR) is 109 cm³/mol. The Kier molecular flexibility index (Phi) is 3.71. The summed E-state index contributed by atoms with van der Waals surface area (Å²) in [4.78, 5) is 39.7. The van der Waals surface area contributed by atoms with E-state index in [1.807, 2.05) is 48.5 Å². The molecule has 29 heavy (non-hydrogen) atoms. The van der Waals surface area contributed by atoms with E-state index in [9.17, 15) is 14.4 Å². The third-order valence-electron chi connectivity index (χ3n) is 5.65. The second-order valence-electron chi connectivity index (χ2n) is 7.15. The SMILES string of the molecule is CCOC(=O)C1C2=C(Nc3c1c1ccccc1c1ccccc31)C(=O)N(C)C2=O. The molecule has 6 heteroatoms. The number of amides is 2. The van der Waals surface area contributed by atoms with Gasteiger partial charge in [0.1, 0.15) is 11.6 Å². The minimum Gasteiger partial charge on any atom is -0.465 e. The standard InChI is InChI=1S/C23H18N2O4/c1-3-29-23(28)17-16-14-10-6-4-8-12(14)13-9-5-7-11-15(13)19(16)24-20-18(17)21(26)25(2)22(20)27/h4-11,17,24H,3H2,1-2H3. The van der Waals surface area contributed by atoms with Crippen molar-refractivity contribution in [2.24, 2.45) is 0 Å². The minimum atomic E-state index is -0.961. The predicted octanol–water partition coefficient (Wildman–Crippen LogP) is 3.32. The van der Waals surface area contributed by atoms with Crippen molar-refractivity contribution in [3.63, 3.8) is 0 Å². The Morgan fingerprint density at radius 3 is 2.21 bits per heavy atom. The van der Waals surface area contributed by atoms with Crippen LogP contribution in [-0.4, -0.2) is 36.3 Å². The number of rotatable bonds is 2. The van der Waals surface area contributed by atoms with E-state index < -0.39 is 23.7 Å². The molecule has 2 heterocycles. The van der Waals surface area contributed by atoms with E-state index in [4.69, 9.17) is 4.74 Å². The Morgan fingerprint density at radius 1 is 0.966 bits per heavy atom. The topological polar surface area (TPSA) is 75.7 Å². The summed E-state index contributed by atoms with van der Waals surface area (Å²) >= 11 is 0. The first-order chi connectivity index (χ1) is 14.0. The van der Waals surface area contributed by atoms with Crippen molar-refractivity contribution in [2.45, 2.75) is 12.8 Å². The third kappa shape index (κ3) is 2.26. The van der Waals surface area contributed by atoms with Crippen molar-refractivity contribution in [3.05, 3.63) is 65.4 Å². The first-order valence-corrected chi connectivity index (χ1v) is 9.48. The van der Waals surface area contributed by atoms with E-state index >= 15 is 0 Å². The van der Waals surface area contributed by atoms with Gasteiger partial charge in [0.15, 0.2) is 0 Å². The van der Waals surface area contributed by atoms with Gasteiger partial charge >= 0.3 is 5.97 Å². The average Bonchev–Trinajstić information content (AvgIpc) is 2.96. The molecule has 0 saturated carbocycles. The van der Waals surface area contributed by atoms with E-state index in [-0.39, 0.29) is 17.9 Å². The highest BCUT2D eigenvalue weighted by atomic mass is 16.5. The molecular weight excluding hydrogens is 368 g/mol. The zero-order valence-corrected chi connectivity index (χ0v) is 16.0. The van der Waals surface area contributed by atoms with Crippen LogP contribution < -0.4 is 5.32 Å². The normalized spacial score (nSPS) is 18.1. The number of nitrogens with one attached hydrogen (secondary N) is 1. The molecule has 1 unspecified atom stereocenters. The summed E-state index contributed by atoms with van der Waals surface area (Å²) in [5, 5.41) is 6.92. The number of imide groups is 1. The molecule has 2 aliphatic heterocycles. The van der Waals surface area contributed by atoms with Gasteiger partial charge in [-0.15, -0.1) is 0 Å². The zero-order chi connectivity index (χ0) is 20.3. The lowest BCUT2D eigenvalue weighted by Crippen LogP contribution is -2.29. The Bertz CT molecular complexity index is 1270. The lowest BCUT2D eigenvalue weighted by molar-refractivity contribution is -0.145. The second kappa shape index (κ2) is 6.17. The molecule has 1 atom stereocenters. The summed E-state index contributed by atoms with van der Waals surface area (Å²) in [6, 6.07) is 15.6. The van der Waals surface area contributed by atoms with Crippen LogP contribution in [0.1, 0.15) is 18.4 Å². The van der Waals surface area contributed by atoms with Gasteiger partial charge in [-0.1, -0.05) is 48.5 Å². The van der Waals surface area contributed by atoms with Crippen LogP contribution in [-0.2, 0) is 19.1 Å². The number of anilines is 1. The third-order valence-corrected chi connectivity index (χ3v) is 5.65. The molecule has 1 N–H and O–H groups in total. The quantitative estimate of drug-likeness (QED) is 0.415. The van der Waals surface area contributed by atoms with Gasteiger partial charge < -0.3 is 10.1 Å². The Hall–Kier alpha value is -3.67. The highest BCUT2D eigenvalue weighted by Gasteiger charge is 2.48. The fraction of sp³-hybridized carbons (Fsp3) is 0.174. The Balaban J connectivity index is 1.92. The monoisotopic (exact) mass is 386 g/mol. The van der Waals surface area contributed by atoms with Gasteiger partial charge in [-0.05, 0) is 23.1 Å². The van der Waals surface area contributed by atoms with Crippen LogP contribution in [0.4, 0.5) is 5.69 Å². The Labute approximate surface area is 166 Å². The number of carbonyl (C=O) groups is 3. The van der Waals surface area contributed by atoms with E-state index in [1.54, 1.807) is 6.92 Å². The fourth-order valence-corrected chi connectivity index (χ4v) is 4.39. The molecule has 2 aliphatic rings. The number of benzene rings is 3. The molecule has 0 fully saturated rings. The molecule has 3 aromatic carbocycles. The van der Waals surface area contributed by atoms with Crippen LogP contribution in [0.5, 0.6) is 0 Å². The summed E-state index contributed by atoms with van der Waals surface area (Å²) in [6.45, 7) is 1.91.